The summed E-state index contributed by atoms with van der Waals surface area (Å²) in [5.41, 5.74) is 0.529. The molecule has 0 aromatic heterocycles. The molecule has 0 atom stereocenters. The summed E-state index contributed by atoms with van der Waals surface area (Å²) in [5, 5.41) is 2.63. The van der Waals surface area contributed by atoms with E-state index in [1.807, 2.05) is 6.07 Å². The van der Waals surface area contributed by atoms with Gasteiger partial charge in [0.05, 0.1) is 19.1 Å². The minimum Gasteiger partial charge on any atom is -0.466 e. The number of benzene rings is 1. The van der Waals surface area contributed by atoms with Crippen LogP contribution in [0.25, 0.3) is 0 Å². The summed E-state index contributed by atoms with van der Waals surface area (Å²) >= 11 is 0. The molecule has 1 heterocycles. The summed E-state index contributed by atoms with van der Waals surface area (Å²) in [5.74, 6) is -0.702. The van der Waals surface area contributed by atoms with Crippen molar-refractivity contribution in [3.8, 4) is 0 Å². The van der Waals surface area contributed by atoms with Crippen molar-refractivity contribution in [3.63, 3.8) is 0 Å². The molecule has 1 aliphatic rings. The Labute approximate surface area is 135 Å². The number of hydrogen-bond donors (Lipinski definition) is 1. The van der Waals surface area contributed by atoms with Crippen LogP contribution in [0.15, 0.2) is 30.3 Å². The largest absolute Gasteiger partial charge is 0.466 e. The van der Waals surface area contributed by atoms with Crippen molar-refractivity contribution in [3.05, 3.63) is 35.9 Å². The molecule has 0 aliphatic carbocycles. The topological polar surface area (TPSA) is 75.7 Å². The molecule has 6 heteroatoms. The molecule has 2 rings (SSSR count). The molecule has 0 unspecified atom stereocenters. The standard InChI is InChI=1S/C17H22N2O4/c1-2-23-17(22)14-8-10-19(11-9-14)15(20)12-18-16(21)13-6-4-3-5-7-13/h3-7,14H,2,8-12H2,1H3,(H,18,21). The monoisotopic (exact) mass is 318 g/mol. The first kappa shape index (κ1) is 17.0. The number of carbonyl (C=O) groups excluding carboxylic acids is 3. The van der Waals surface area contributed by atoms with Crippen LogP contribution in [0, 0.1) is 5.92 Å². The maximum atomic E-state index is 12.1. The van der Waals surface area contributed by atoms with Gasteiger partial charge in [-0.2, -0.15) is 0 Å². The van der Waals surface area contributed by atoms with Crippen molar-refractivity contribution in [2.45, 2.75) is 19.8 Å². The molecular weight excluding hydrogens is 296 g/mol. The van der Waals surface area contributed by atoms with Crippen molar-refractivity contribution >= 4 is 17.8 Å². The summed E-state index contributed by atoms with van der Waals surface area (Å²) in [6, 6.07) is 8.78. The smallest absolute Gasteiger partial charge is 0.309 e. The van der Waals surface area contributed by atoms with Crippen LogP contribution < -0.4 is 5.32 Å². The van der Waals surface area contributed by atoms with E-state index in [2.05, 4.69) is 5.32 Å². The van der Waals surface area contributed by atoms with E-state index in [9.17, 15) is 14.4 Å². The van der Waals surface area contributed by atoms with Crippen molar-refractivity contribution in [1.29, 1.82) is 0 Å². The fourth-order valence-corrected chi connectivity index (χ4v) is 2.58. The third-order valence-electron chi connectivity index (χ3n) is 3.90. The summed E-state index contributed by atoms with van der Waals surface area (Å²) in [4.78, 5) is 37.4. The molecule has 124 valence electrons. The molecule has 1 aromatic carbocycles. The van der Waals surface area contributed by atoms with E-state index in [0.29, 0.717) is 38.1 Å². The van der Waals surface area contributed by atoms with Gasteiger partial charge in [-0.3, -0.25) is 14.4 Å². The summed E-state index contributed by atoms with van der Waals surface area (Å²) < 4.78 is 5.01. The average molecular weight is 318 g/mol. The first-order chi connectivity index (χ1) is 11.1. The first-order valence-electron chi connectivity index (χ1n) is 7.89. The molecule has 1 aromatic rings. The Hall–Kier alpha value is -2.37. The minimum absolute atomic E-state index is 0.0300. The number of piperidine rings is 1. The molecule has 23 heavy (non-hydrogen) atoms. The summed E-state index contributed by atoms with van der Waals surface area (Å²) in [6.07, 6.45) is 1.22. The Morgan fingerprint density at radius 2 is 1.83 bits per heavy atom. The lowest BCUT2D eigenvalue weighted by molar-refractivity contribution is -0.151. The van der Waals surface area contributed by atoms with E-state index < -0.39 is 0 Å². The quantitative estimate of drug-likeness (QED) is 0.828. The van der Waals surface area contributed by atoms with Gasteiger partial charge in [0.2, 0.25) is 5.91 Å². The molecule has 1 saturated heterocycles. The van der Waals surface area contributed by atoms with Crippen LogP contribution in [-0.2, 0) is 14.3 Å². The van der Waals surface area contributed by atoms with Crippen LogP contribution in [0.2, 0.25) is 0 Å². The Kier molecular flexibility index (Phi) is 6.14. The molecule has 0 saturated carbocycles. The second-order valence-corrected chi connectivity index (χ2v) is 5.46. The van der Waals surface area contributed by atoms with Gasteiger partial charge in [0.1, 0.15) is 0 Å². The Morgan fingerprint density at radius 3 is 2.43 bits per heavy atom. The molecule has 1 aliphatic heterocycles. The SMILES string of the molecule is CCOC(=O)C1CCN(C(=O)CNC(=O)c2ccccc2)CC1. The lowest BCUT2D eigenvalue weighted by Gasteiger charge is -2.30. The van der Waals surface area contributed by atoms with Crippen LogP contribution in [0.3, 0.4) is 0 Å². The van der Waals surface area contributed by atoms with Crippen molar-refractivity contribution in [1.82, 2.24) is 10.2 Å². The second kappa shape index (κ2) is 8.31. The Balaban J connectivity index is 1.75. The molecule has 0 bridgehead atoms. The highest BCUT2D eigenvalue weighted by atomic mass is 16.5. The van der Waals surface area contributed by atoms with E-state index in [1.165, 1.54) is 0 Å². The van der Waals surface area contributed by atoms with Gasteiger partial charge in [-0.05, 0) is 31.9 Å². The Bertz CT molecular complexity index is 551. The van der Waals surface area contributed by atoms with Crippen LogP contribution in [-0.4, -0.2) is 48.9 Å². The van der Waals surface area contributed by atoms with Gasteiger partial charge in [0.25, 0.3) is 5.91 Å². The van der Waals surface area contributed by atoms with Crippen LogP contribution in [0.1, 0.15) is 30.1 Å². The molecule has 2 amide bonds. The lowest BCUT2D eigenvalue weighted by atomic mass is 9.97. The number of amides is 2. The van der Waals surface area contributed by atoms with Gasteiger partial charge in [0.15, 0.2) is 0 Å². The van der Waals surface area contributed by atoms with Gasteiger partial charge < -0.3 is 15.0 Å². The molecule has 1 fully saturated rings. The van der Waals surface area contributed by atoms with Gasteiger partial charge in [-0.25, -0.2) is 0 Å². The van der Waals surface area contributed by atoms with E-state index in [4.69, 9.17) is 4.74 Å². The molecule has 0 spiro atoms. The minimum atomic E-state index is -0.264. The fraction of sp³-hybridized carbons (Fsp3) is 0.471. The highest BCUT2D eigenvalue weighted by Gasteiger charge is 2.28. The number of nitrogens with one attached hydrogen (secondary N) is 1. The van der Waals surface area contributed by atoms with Crippen molar-refractivity contribution in [2.75, 3.05) is 26.2 Å². The van der Waals surface area contributed by atoms with Gasteiger partial charge in [0, 0.05) is 18.7 Å². The number of hydrogen-bond acceptors (Lipinski definition) is 4. The third-order valence-corrected chi connectivity index (χ3v) is 3.90. The molecule has 6 nitrogen and oxygen atoms in total. The van der Waals surface area contributed by atoms with E-state index >= 15 is 0 Å². The number of ether oxygens (including phenoxy) is 1. The van der Waals surface area contributed by atoms with Gasteiger partial charge in [-0.15, -0.1) is 0 Å². The number of esters is 1. The van der Waals surface area contributed by atoms with Crippen LogP contribution in [0.5, 0.6) is 0 Å². The Morgan fingerprint density at radius 1 is 1.17 bits per heavy atom. The first-order valence-corrected chi connectivity index (χ1v) is 7.89. The van der Waals surface area contributed by atoms with E-state index in [-0.39, 0.29) is 30.2 Å². The zero-order chi connectivity index (χ0) is 16.7. The maximum absolute atomic E-state index is 12.1. The van der Waals surface area contributed by atoms with Crippen LogP contribution in [0.4, 0.5) is 0 Å². The third kappa shape index (κ3) is 4.81. The zero-order valence-electron chi connectivity index (χ0n) is 13.3. The predicted octanol–water partition coefficient (Wildman–Crippen LogP) is 1.22. The summed E-state index contributed by atoms with van der Waals surface area (Å²) in [7, 11) is 0. The van der Waals surface area contributed by atoms with Crippen LogP contribution >= 0.6 is 0 Å². The van der Waals surface area contributed by atoms with E-state index in [1.54, 1.807) is 36.1 Å². The predicted molar refractivity (Wildman–Crippen MR) is 84.7 cm³/mol. The highest BCUT2D eigenvalue weighted by molar-refractivity contribution is 5.96. The lowest BCUT2D eigenvalue weighted by Crippen LogP contribution is -2.45. The maximum Gasteiger partial charge on any atom is 0.309 e. The summed E-state index contributed by atoms with van der Waals surface area (Å²) in [6.45, 7) is 3.17. The number of rotatable bonds is 5. The van der Waals surface area contributed by atoms with Crippen molar-refractivity contribution < 1.29 is 19.1 Å². The number of likely N-dealkylation sites (tertiary alicyclic amines) is 1. The number of nitrogens with zero attached hydrogens (tertiary/aromatic N) is 1. The number of carbonyl (C=O) groups is 3. The molecule has 1 N–H and O–H groups in total. The van der Waals surface area contributed by atoms with Gasteiger partial charge >= 0.3 is 5.97 Å². The zero-order valence-corrected chi connectivity index (χ0v) is 13.3. The molecule has 0 radical (unpaired) electrons. The second-order valence-electron chi connectivity index (χ2n) is 5.46. The van der Waals surface area contributed by atoms with Crippen molar-refractivity contribution in [2.24, 2.45) is 5.92 Å². The van der Waals surface area contributed by atoms with Gasteiger partial charge in [-0.1, -0.05) is 18.2 Å². The average Bonchev–Trinajstić information content (AvgIpc) is 2.60. The fourth-order valence-electron chi connectivity index (χ4n) is 2.58. The highest BCUT2D eigenvalue weighted by Crippen LogP contribution is 2.18. The van der Waals surface area contributed by atoms with E-state index in [0.717, 1.165) is 0 Å². The normalized spacial score (nSPS) is 15.1. The molecular formula is C17H22N2O4.